The summed E-state index contributed by atoms with van der Waals surface area (Å²) in [5.41, 5.74) is 1.16. The van der Waals surface area contributed by atoms with Crippen molar-refractivity contribution < 1.29 is 9.53 Å². The zero-order valence-corrected chi connectivity index (χ0v) is 18.7. The minimum atomic E-state index is -0.153. The summed E-state index contributed by atoms with van der Waals surface area (Å²) in [5, 5.41) is 4.22. The predicted octanol–water partition coefficient (Wildman–Crippen LogP) is 4.18. The molecule has 0 spiro atoms. The lowest BCUT2D eigenvalue weighted by molar-refractivity contribution is -0.119. The van der Waals surface area contributed by atoms with E-state index in [-0.39, 0.29) is 23.3 Å². The predicted molar refractivity (Wildman–Crippen MR) is 124 cm³/mol. The van der Waals surface area contributed by atoms with Gasteiger partial charge in [-0.15, -0.1) is 0 Å². The van der Waals surface area contributed by atoms with Crippen molar-refractivity contribution in [3.63, 3.8) is 0 Å². The fourth-order valence-electron chi connectivity index (χ4n) is 4.08. The molecule has 162 valence electrons. The van der Waals surface area contributed by atoms with Gasteiger partial charge in [-0.3, -0.25) is 14.2 Å². The van der Waals surface area contributed by atoms with Crippen LogP contribution in [0.1, 0.15) is 32.6 Å². The number of nitrogens with zero attached hydrogens (tertiary/aromatic N) is 2. The topological polar surface area (TPSA) is 73.2 Å². The normalized spacial score (nSPS) is 18.6. The molecule has 4 rings (SSSR count). The second-order valence-electron chi connectivity index (χ2n) is 7.97. The van der Waals surface area contributed by atoms with Crippen LogP contribution in [0.4, 0.5) is 0 Å². The van der Waals surface area contributed by atoms with Crippen molar-refractivity contribution in [1.82, 2.24) is 14.9 Å². The number of aromatic nitrogens is 2. The van der Waals surface area contributed by atoms with Crippen molar-refractivity contribution in [2.45, 2.75) is 43.8 Å². The zero-order chi connectivity index (χ0) is 21.8. The summed E-state index contributed by atoms with van der Waals surface area (Å²) in [4.78, 5) is 30.6. The molecule has 1 N–H and O–H groups in total. The fraction of sp³-hybridized carbons (Fsp3) is 0.375. The summed E-state index contributed by atoms with van der Waals surface area (Å²) in [6, 6.07) is 14.8. The van der Waals surface area contributed by atoms with Crippen LogP contribution in [-0.2, 0) is 4.79 Å². The minimum absolute atomic E-state index is 0.0209. The lowest BCUT2D eigenvalue weighted by Crippen LogP contribution is -2.41. The number of hydrogen-bond donors (Lipinski definition) is 1. The minimum Gasteiger partial charge on any atom is -0.497 e. The van der Waals surface area contributed by atoms with Crippen LogP contribution in [0, 0.1) is 5.92 Å². The molecule has 0 bridgehead atoms. The number of thioether (sulfide) groups is 1. The van der Waals surface area contributed by atoms with Crippen LogP contribution in [0.25, 0.3) is 16.6 Å². The van der Waals surface area contributed by atoms with E-state index in [4.69, 9.17) is 9.72 Å². The van der Waals surface area contributed by atoms with E-state index in [9.17, 15) is 9.59 Å². The number of methoxy groups -OCH3 is 1. The molecule has 1 heterocycles. The van der Waals surface area contributed by atoms with Gasteiger partial charge in [0.15, 0.2) is 5.16 Å². The van der Waals surface area contributed by atoms with Gasteiger partial charge < -0.3 is 10.1 Å². The van der Waals surface area contributed by atoms with Crippen LogP contribution in [0.15, 0.2) is 58.5 Å². The standard InChI is InChI=1S/C24H27N3O3S/c1-16-7-3-5-9-20(16)25-22(28)15-31-24-26-21-10-6-4-8-19(21)23(29)27(24)17-11-13-18(30-2)14-12-17/h4,6,8,10-14,16,20H,3,5,7,9,15H2,1-2H3,(H,25,28)/t16-,20+/m0/s1. The molecule has 3 aromatic rings. The number of rotatable bonds is 6. The average Bonchev–Trinajstić information content (AvgIpc) is 2.79. The maximum Gasteiger partial charge on any atom is 0.266 e. The fourth-order valence-corrected chi connectivity index (χ4v) is 4.90. The van der Waals surface area contributed by atoms with Gasteiger partial charge in [0.2, 0.25) is 5.91 Å². The highest BCUT2D eigenvalue weighted by Gasteiger charge is 2.23. The molecule has 31 heavy (non-hydrogen) atoms. The SMILES string of the molecule is COc1ccc(-n2c(SCC(=O)N[C@@H]3CCCC[C@@H]3C)nc3ccccc3c2=O)cc1. The van der Waals surface area contributed by atoms with E-state index in [1.165, 1.54) is 18.2 Å². The average molecular weight is 438 g/mol. The molecule has 0 radical (unpaired) electrons. The van der Waals surface area contributed by atoms with Crippen LogP contribution in [0.3, 0.4) is 0 Å². The monoisotopic (exact) mass is 437 g/mol. The van der Waals surface area contributed by atoms with E-state index in [2.05, 4.69) is 12.2 Å². The molecule has 1 fully saturated rings. The van der Waals surface area contributed by atoms with E-state index >= 15 is 0 Å². The van der Waals surface area contributed by atoms with Gasteiger partial charge in [0.1, 0.15) is 5.75 Å². The Hall–Kier alpha value is -2.80. The Morgan fingerprint density at radius 1 is 1.16 bits per heavy atom. The summed E-state index contributed by atoms with van der Waals surface area (Å²) in [6.07, 6.45) is 4.58. The third-order valence-electron chi connectivity index (χ3n) is 5.87. The van der Waals surface area contributed by atoms with Gasteiger partial charge in [0.05, 0.1) is 29.5 Å². The van der Waals surface area contributed by atoms with Crippen LogP contribution in [-0.4, -0.2) is 34.4 Å². The summed E-state index contributed by atoms with van der Waals surface area (Å²) < 4.78 is 6.81. The first kappa shape index (κ1) is 21.4. The Balaban J connectivity index is 1.62. The van der Waals surface area contributed by atoms with Gasteiger partial charge in [-0.25, -0.2) is 4.98 Å². The summed E-state index contributed by atoms with van der Waals surface area (Å²) in [6.45, 7) is 2.20. The van der Waals surface area contributed by atoms with E-state index in [1.54, 1.807) is 17.7 Å². The van der Waals surface area contributed by atoms with Crippen LogP contribution >= 0.6 is 11.8 Å². The van der Waals surface area contributed by atoms with E-state index in [1.807, 2.05) is 42.5 Å². The number of amides is 1. The number of nitrogens with one attached hydrogen (secondary N) is 1. The van der Waals surface area contributed by atoms with Crippen LogP contribution in [0.5, 0.6) is 5.75 Å². The Kier molecular flexibility index (Phi) is 6.61. The number of para-hydroxylation sites is 1. The Bertz CT molecular complexity index is 1130. The van der Waals surface area contributed by atoms with E-state index in [0.29, 0.717) is 33.4 Å². The molecule has 1 aliphatic rings. The first-order valence-electron chi connectivity index (χ1n) is 10.6. The lowest BCUT2D eigenvalue weighted by atomic mass is 9.86. The number of carbonyl (C=O) groups excluding carboxylic acids is 1. The summed E-state index contributed by atoms with van der Waals surface area (Å²) in [5.74, 6) is 1.40. The molecule has 2 atom stereocenters. The van der Waals surface area contributed by atoms with Gasteiger partial charge in [0.25, 0.3) is 5.56 Å². The Morgan fingerprint density at radius 2 is 1.90 bits per heavy atom. The maximum absolute atomic E-state index is 13.3. The number of hydrogen-bond acceptors (Lipinski definition) is 5. The first-order valence-corrected chi connectivity index (χ1v) is 11.6. The van der Waals surface area contributed by atoms with Crippen molar-refractivity contribution in [2.24, 2.45) is 5.92 Å². The van der Waals surface area contributed by atoms with Gasteiger partial charge >= 0.3 is 0 Å². The number of carbonyl (C=O) groups is 1. The highest BCUT2D eigenvalue weighted by Crippen LogP contribution is 2.25. The molecule has 7 heteroatoms. The first-order chi connectivity index (χ1) is 15.1. The van der Waals surface area contributed by atoms with E-state index in [0.717, 1.165) is 19.3 Å². The van der Waals surface area contributed by atoms with Crippen molar-refractivity contribution in [1.29, 1.82) is 0 Å². The number of fused-ring (bicyclic) bond motifs is 1. The quantitative estimate of drug-likeness (QED) is 0.463. The van der Waals surface area contributed by atoms with Gasteiger partial charge in [-0.05, 0) is 55.2 Å². The lowest BCUT2D eigenvalue weighted by Gasteiger charge is -2.29. The van der Waals surface area contributed by atoms with Crippen molar-refractivity contribution in [2.75, 3.05) is 12.9 Å². The molecule has 0 saturated heterocycles. The second-order valence-corrected chi connectivity index (χ2v) is 8.92. The number of benzene rings is 2. The smallest absolute Gasteiger partial charge is 0.266 e. The van der Waals surface area contributed by atoms with Gasteiger partial charge in [-0.2, -0.15) is 0 Å². The molecule has 0 unspecified atom stereocenters. The number of ether oxygens (including phenoxy) is 1. The molecule has 0 aliphatic heterocycles. The molecule has 1 aromatic heterocycles. The van der Waals surface area contributed by atoms with Gasteiger partial charge in [0, 0.05) is 6.04 Å². The molecule has 1 amide bonds. The zero-order valence-electron chi connectivity index (χ0n) is 17.8. The molecular formula is C24H27N3O3S. The third-order valence-corrected chi connectivity index (χ3v) is 6.80. The Morgan fingerprint density at radius 3 is 2.65 bits per heavy atom. The van der Waals surface area contributed by atoms with E-state index < -0.39 is 0 Å². The third kappa shape index (κ3) is 4.77. The van der Waals surface area contributed by atoms with Crippen molar-refractivity contribution in [3.8, 4) is 11.4 Å². The molecule has 6 nitrogen and oxygen atoms in total. The van der Waals surface area contributed by atoms with Crippen molar-refractivity contribution in [3.05, 3.63) is 58.9 Å². The summed E-state index contributed by atoms with van der Waals surface area (Å²) in [7, 11) is 1.60. The highest BCUT2D eigenvalue weighted by molar-refractivity contribution is 7.99. The molecule has 1 aliphatic carbocycles. The second kappa shape index (κ2) is 9.56. The highest BCUT2D eigenvalue weighted by atomic mass is 32.2. The van der Waals surface area contributed by atoms with Gasteiger partial charge in [-0.1, -0.05) is 43.7 Å². The van der Waals surface area contributed by atoms with Crippen LogP contribution in [0.2, 0.25) is 0 Å². The maximum atomic E-state index is 13.3. The molecule has 1 saturated carbocycles. The largest absolute Gasteiger partial charge is 0.497 e. The molecule has 2 aromatic carbocycles. The Labute approximate surface area is 186 Å². The van der Waals surface area contributed by atoms with Crippen LogP contribution < -0.4 is 15.6 Å². The van der Waals surface area contributed by atoms with Crippen molar-refractivity contribution >= 4 is 28.6 Å². The molecular weight excluding hydrogens is 410 g/mol. The summed E-state index contributed by atoms with van der Waals surface area (Å²) >= 11 is 1.29.